The molecule has 0 aliphatic carbocycles. The number of nitrogens with one attached hydrogen (secondary N) is 2. The van der Waals surface area contributed by atoms with Crippen LogP contribution in [0.5, 0.6) is 0 Å². The van der Waals surface area contributed by atoms with E-state index < -0.39 is 10.0 Å². The molecular formula is C20H23ClN2O4S. The summed E-state index contributed by atoms with van der Waals surface area (Å²) in [6, 6.07) is 12.9. The summed E-state index contributed by atoms with van der Waals surface area (Å²) in [6.45, 7) is 2.79. The minimum atomic E-state index is -3.63. The van der Waals surface area contributed by atoms with Crippen LogP contribution in [0.2, 0.25) is 5.02 Å². The van der Waals surface area contributed by atoms with E-state index >= 15 is 0 Å². The highest BCUT2D eigenvalue weighted by atomic mass is 35.5. The van der Waals surface area contributed by atoms with Crippen molar-refractivity contribution >= 4 is 27.5 Å². The van der Waals surface area contributed by atoms with Gasteiger partial charge in [-0.05, 0) is 61.7 Å². The first-order valence-corrected chi connectivity index (χ1v) is 11.0. The number of amides is 1. The lowest BCUT2D eigenvalue weighted by molar-refractivity contribution is 0.0939. The fraction of sp³-hybridized carbons (Fsp3) is 0.350. The van der Waals surface area contributed by atoms with Crippen molar-refractivity contribution in [2.24, 2.45) is 0 Å². The van der Waals surface area contributed by atoms with E-state index in [1.165, 1.54) is 24.3 Å². The monoisotopic (exact) mass is 422 g/mol. The van der Waals surface area contributed by atoms with E-state index in [1.807, 2.05) is 19.1 Å². The first kappa shape index (κ1) is 20.8. The van der Waals surface area contributed by atoms with Crippen molar-refractivity contribution in [3.05, 3.63) is 64.7 Å². The van der Waals surface area contributed by atoms with Crippen LogP contribution in [-0.4, -0.2) is 33.6 Å². The molecule has 150 valence electrons. The van der Waals surface area contributed by atoms with Gasteiger partial charge in [-0.15, -0.1) is 0 Å². The predicted molar refractivity (Wildman–Crippen MR) is 108 cm³/mol. The Hall–Kier alpha value is -1.93. The summed E-state index contributed by atoms with van der Waals surface area (Å²) in [4.78, 5) is 12.6. The molecule has 2 N–H and O–H groups in total. The third kappa shape index (κ3) is 5.32. The average Bonchev–Trinajstić information content (AvgIpc) is 3.21. The number of carbonyl (C=O) groups is 1. The second kappa shape index (κ2) is 9.05. The minimum absolute atomic E-state index is 0.0748. The Morgan fingerprint density at radius 2 is 1.86 bits per heavy atom. The number of sulfonamides is 1. The van der Waals surface area contributed by atoms with E-state index in [1.54, 1.807) is 12.1 Å². The number of carbonyl (C=O) groups excluding carboxylic acids is 1. The van der Waals surface area contributed by atoms with Gasteiger partial charge in [0.25, 0.3) is 5.91 Å². The summed E-state index contributed by atoms with van der Waals surface area (Å²) in [6.07, 6.45) is 1.73. The summed E-state index contributed by atoms with van der Waals surface area (Å²) >= 11 is 5.88. The zero-order valence-electron chi connectivity index (χ0n) is 15.5. The van der Waals surface area contributed by atoms with Crippen LogP contribution in [0.1, 0.15) is 41.7 Å². The molecule has 1 saturated heterocycles. The summed E-state index contributed by atoms with van der Waals surface area (Å²) in [5.41, 5.74) is 1.31. The van der Waals surface area contributed by atoms with Gasteiger partial charge in [0, 0.05) is 23.7 Å². The molecule has 1 fully saturated rings. The van der Waals surface area contributed by atoms with E-state index in [2.05, 4.69) is 10.0 Å². The van der Waals surface area contributed by atoms with Gasteiger partial charge in [0.2, 0.25) is 10.0 Å². The molecule has 2 atom stereocenters. The van der Waals surface area contributed by atoms with Gasteiger partial charge in [0.1, 0.15) is 0 Å². The number of halogens is 1. The van der Waals surface area contributed by atoms with Crippen LogP contribution in [0.15, 0.2) is 53.4 Å². The Morgan fingerprint density at radius 1 is 1.18 bits per heavy atom. The van der Waals surface area contributed by atoms with Gasteiger partial charge < -0.3 is 10.1 Å². The van der Waals surface area contributed by atoms with Crippen LogP contribution in [0.4, 0.5) is 0 Å². The van der Waals surface area contributed by atoms with Gasteiger partial charge in [-0.3, -0.25) is 4.79 Å². The van der Waals surface area contributed by atoms with Crippen molar-refractivity contribution in [1.82, 2.24) is 10.0 Å². The Balaban J connectivity index is 1.60. The van der Waals surface area contributed by atoms with Gasteiger partial charge in [-0.25, -0.2) is 13.1 Å². The maximum absolute atomic E-state index is 12.4. The minimum Gasteiger partial charge on any atom is -0.377 e. The molecule has 1 heterocycles. The summed E-state index contributed by atoms with van der Waals surface area (Å²) in [5.74, 6) is -0.279. The number of rotatable bonds is 7. The maximum Gasteiger partial charge on any atom is 0.251 e. The normalized spacial score (nSPS) is 18.0. The molecule has 0 unspecified atom stereocenters. The second-order valence-electron chi connectivity index (χ2n) is 6.76. The van der Waals surface area contributed by atoms with Crippen LogP contribution >= 0.6 is 11.6 Å². The Bertz CT molecular complexity index is 908. The maximum atomic E-state index is 12.4. The van der Waals surface area contributed by atoms with E-state index in [9.17, 15) is 13.2 Å². The van der Waals surface area contributed by atoms with Gasteiger partial charge in [-0.2, -0.15) is 0 Å². The molecule has 2 aromatic rings. The molecule has 0 saturated carbocycles. The van der Waals surface area contributed by atoms with Crippen LogP contribution in [0.3, 0.4) is 0 Å². The van der Waals surface area contributed by atoms with Gasteiger partial charge in [0.05, 0.1) is 17.0 Å². The highest BCUT2D eigenvalue weighted by molar-refractivity contribution is 7.89. The lowest BCUT2D eigenvalue weighted by Crippen LogP contribution is -2.32. The van der Waals surface area contributed by atoms with Crippen molar-refractivity contribution < 1.29 is 17.9 Å². The van der Waals surface area contributed by atoms with Gasteiger partial charge in [0.15, 0.2) is 0 Å². The first-order chi connectivity index (χ1) is 13.3. The van der Waals surface area contributed by atoms with Crippen molar-refractivity contribution in [1.29, 1.82) is 0 Å². The Morgan fingerprint density at radius 3 is 2.46 bits per heavy atom. The quantitative estimate of drug-likeness (QED) is 0.717. The topological polar surface area (TPSA) is 84.5 Å². The first-order valence-electron chi connectivity index (χ1n) is 9.13. The van der Waals surface area contributed by atoms with Crippen LogP contribution in [-0.2, 0) is 14.8 Å². The van der Waals surface area contributed by atoms with Gasteiger partial charge >= 0.3 is 0 Å². The van der Waals surface area contributed by atoms with Crippen LogP contribution in [0, 0.1) is 0 Å². The van der Waals surface area contributed by atoms with E-state index in [0.717, 1.165) is 18.4 Å². The Labute approximate surface area is 170 Å². The van der Waals surface area contributed by atoms with E-state index in [4.69, 9.17) is 16.3 Å². The molecular weight excluding hydrogens is 400 g/mol. The molecule has 0 radical (unpaired) electrons. The summed E-state index contributed by atoms with van der Waals surface area (Å²) in [5, 5.41) is 3.52. The molecule has 8 heteroatoms. The fourth-order valence-corrected chi connectivity index (χ4v) is 4.18. The zero-order chi connectivity index (χ0) is 20.1. The van der Waals surface area contributed by atoms with E-state index in [-0.39, 0.29) is 29.5 Å². The molecule has 6 nitrogen and oxygen atoms in total. The van der Waals surface area contributed by atoms with Crippen molar-refractivity contribution in [2.75, 3.05) is 13.2 Å². The molecule has 3 rings (SSSR count). The van der Waals surface area contributed by atoms with Crippen molar-refractivity contribution in [3.8, 4) is 0 Å². The molecule has 1 aliphatic heterocycles. The molecule has 2 aromatic carbocycles. The van der Waals surface area contributed by atoms with Crippen molar-refractivity contribution in [2.45, 2.75) is 36.8 Å². The number of benzene rings is 2. The lowest BCUT2D eigenvalue weighted by atomic mass is 10.1. The number of hydrogen-bond acceptors (Lipinski definition) is 4. The standard InChI is InChI=1S/C20H23ClN2O4S/c1-14(15-4-8-17(21)9-5-15)23-20(24)16-6-10-19(11-7-16)28(25,26)22-13-18-3-2-12-27-18/h4-11,14,18,22H,2-3,12-13H2,1H3,(H,23,24)/t14-,18+/m1/s1. The third-order valence-corrected chi connectivity index (χ3v) is 6.36. The fourth-order valence-electron chi connectivity index (χ4n) is 2.99. The zero-order valence-corrected chi connectivity index (χ0v) is 17.1. The lowest BCUT2D eigenvalue weighted by Gasteiger charge is -2.15. The summed E-state index contributed by atoms with van der Waals surface area (Å²) in [7, 11) is -3.63. The largest absolute Gasteiger partial charge is 0.377 e. The van der Waals surface area contributed by atoms with Crippen molar-refractivity contribution in [3.63, 3.8) is 0 Å². The van der Waals surface area contributed by atoms with Crippen LogP contribution in [0.25, 0.3) is 0 Å². The smallest absolute Gasteiger partial charge is 0.251 e. The highest BCUT2D eigenvalue weighted by Crippen LogP contribution is 2.18. The molecule has 0 aromatic heterocycles. The molecule has 1 aliphatic rings. The SMILES string of the molecule is C[C@@H](NC(=O)c1ccc(S(=O)(=O)NC[C@@H]2CCCO2)cc1)c1ccc(Cl)cc1. The summed E-state index contributed by atoms with van der Waals surface area (Å²) < 4.78 is 32.8. The predicted octanol–water partition coefficient (Wildman–Crippen LogP) is 3.29. The van der Waals surface area contributed by atoms with Gasteiger partial charge in [-0.1, -0.05) is 23.7 Å². The van der Waals surface area contributed by atoms with E-state index in [0.29, 0.717) is 17.2 Å². The molecule has 28 heavy (non-hydrogen) atoms. The molecule has 0 bridgehead atoms. The number of ether oxygens (including phenoxy) is 1. The molecule has 0 spiro atoms. The second-order valence-corrected chi connectivity index (χ2v) is 8.96. The number of hydrogen-bond donors (Lipinski definition) is 2. The van der Waals surface area contributed by atoms with Crippen LogP contribution < -0.4 is 10.0 Å². The third-order valence-electron chi connectivity index (χ3n) is 4.67. The molecule has 1 amide bonds. The highest BCUT2D eigenvalue weighted by Gasteiger charge is 2.20. The average molecular weight is 423 g/mol. The Kier molecular flexibility index (Phi) is 6.72.